The van der Waals surface area contributed by atoms with E-state index in [-0.39, 0.29) is 41.8 Å². The van der Waals surface area contributed by atoms with Gasteiger partial charge in [-0.3, -0.25) is 14.4 Å². The molecule has 1 saturated heterocycles. The minimum atomic E-state index is -0.693. The van der Waals surface area contributed by atoms with Crippen LogP contribution < -0.4 is 5.32 Å². The highest BCUT2D eigenvalue weighted by atomic mass is 19.1. The Labute approximate surface area is 337 Å². The van der Waals surface area contributed by atoms with Gasteiger partial charge < -0.3 is 33.7 Å². The number of carbonyl (C=O) groups excluding carboxylic acids is 3. The molecule has 0 spiro atoms. The average Bonchev–Trinajstić information content (AvgIpc) is 4.10. The number of benzene rings is 3. The molecule has 1 aliphatic carbocycles. The second-order valence-electron chi connectivity index (χ2n) is 15.4. The van der Waals surface area contributed by atoms with Crippen molar-refractivity contribution < 1.29 is 32.3 Å². The largest absolute Gasteiger partial charge is 0.434 e. The minimum absolute atomic E-state index is 0.0556. The van der Waals surface area contributed by atoms with Gasteiger partial charge in [-0.15, -0.1) is 10.2 Å². The van der Waals surface area contributed by atoms with Crippen molar-refractivity contribution in [1.82, 2.24) is 40.3 Å². The standard InChI is InChI=1S/C44H41FN8O6/c1-52(2)43(55)26-8-6-25(7-9-26)27-11-15-35-32(19-27)33(23-46-35)42-51-50-38(59-42)18-24-17-37-39(47-22-24)49-41(58-37)28-10-14-31(34(45)20-28)44(56)53(3)30-13-12-29(21-30)48-40(54)36-5-4-16-57-36/h6-11,14-15,17,19-20,22-23,29-30,36,46H,4-5,12-13,16,18,21H2,1-3H3,(H,48,54)/t29-,30+,36?/m0/s1. The van der Waals surface area contributed by atoms with Crippen LogP contribution in [0.4, 0.5) is 4.39 Å². The van der Waals surface area contributed by atoms with Crippen LogP contribution in [-0.4, -0.2) is 98.6 Å². The Kier molecular flexibility index (Phi) is 9.97. The van der Waals surface area contributed by atoms with Crippen LogP contribution in [0.5, 0.6) is 0 Å². The molecule has 9 rings (SSSR count). The van der Waals surface area contributed by atoms with E-state index in [1.165, 1.54) is 12.1 Å². The molecular weight excluding hydrogens is 756 g/mol. The second kappa shape index (κ2) is 15.5. The number of aromatic nitrogens is 5. The number of nitrogens with one attached hydrogen (secondary N) is 2. The maximum absolute atomic E-state index is 15.5. The molecule has 1 unspecified atom stereocenters. The predicted octanol–water partition coefficient (Wildman–Crippen LogP) is 6.81. The molecule has 15 heteroatoms. The predicted molar refractivity (Wildman–Crippen MR) is 216 cm³/mol. The normalized spacial score (nSPS) is 17.8. The van der Waals surface area contributed by atoms with Gasteiger partial charge in [0, 0.05) is 74.3 Å². The van der Waals surface area contributed by atoms with Crippen LogP contribution in [0, 0.1) is 5.82 Å². The van der Waals surface area contributed by atoms with E-state index in [0.29, 0.717) is 53.6 Å². The maximum atomic E-state index is 15.5. The summed E-state index contributed by atoms with van der Waals surface area (Å²) in [5.74, 6) is -0.402. The molecule has 3 aromatic carbocycles. The first-order chi connectivity index (χ1) is 28.6. The van der Waals surface area contributed by atoms with Crippen LogP contribution in [0.25, 0.3) is 56.2 Å². The zero-order chi connectivity index (χ0) is 40.8. The summed E-state index contributed by atoms with van der Waals surface area (Å²) >= 11 is 0. The van der Waals surface area contributed by atoms with Crippen molar-refractivity contribution in [2.24, 2.45) is 0 Å². The van der Waals surface area contributed by atoms with E-state index < -0.39 is 17.8 Å². The monoisotopic (exact) mass is 796 g/mol. The van der Waals surface area contributed by atoms with Crippen LogP contribution in [0.15, 0.2) is 88.0 Å². The number of nitrogens with zero attached hydrogens (tertiary/aromatic N) is 6. The van der Waals surface area contributed by atoms with Crippen molar-refractivity contribution in [1.29, 1.82) is 0 Å². The SMILES string of the molecule is CN(C)C(=O)c1ccc(-c2ccc3[nH]cc(-c4nnc(Cc5cnc6nc(-c7ccc(C(=O)N(C)[C@@H]8CC[C@H](NC(=O)C9CCCO9)C8)c(F)c7)oc6c5)o4)c3c2)cc1. The number of aromatic amines is 1. The molecule has 4 aromatic heterocycles. The van der Waals surface area contributed by atoms with Crippen molar-refractivity contribution >= 4 is 39.9 Å². The molecule has 2 aliphatic rings. The quantitative estimate of drug-likeness (QED) is 0.150. The lowest BCUT2D eigenvalue weighted by molar-refractivity contribution is -0.130. The van der Waals surface area contributed by atoms with Gasteiger partial charge in [0.2, 0.25) is 23.6 Å². The first kappa shape index (κ1) is 37.8. The Bertz CT molecular complexity index is 2720. The Hall–Kier alpha value is -6.74. The molecule has 0 radical (unpaired) electrons. The second-order valence-corrected chi connectivity index (χ2v) is 15.4. The first-order valence-corrected chi connectivity index (χ1v) is 19.6. The van der Waals surface area contributed by atoms with Gasteiger partial charge in [0.15, 0.2) is 11.2 Å². The van der Waals surface area contributed by atoms with Crippen LogP contribution in [0.2, 0.25) is 0 Å². The third kappa shape index (κ3) is 7.56. The highest BCUT2D eigenvalue weighted by Crippen LogP contribution is 2.33. The van der Waals surface area contributed by atoms with Gasteiger partial charge in [-0.05, 0) is 97.3 Å². The molecule has 2 fully saturated rings. The summed E-state index contributed by atoms with van der Waals surface area (Å²) in [5.41, 5.74) is 5.98. The Morgan fingerprint density at radius 1 is 0.881 bits per heavy atom. The van der Waals surface area contributed by atoms with Gasteiger partial charge in [-0.2, -0.15) is 4.98 Å². The van der Waals surface area contributed by atoms with Gasteiger partial charge in [-0.25, -0.2) is 9.37 Å². The zero-order valence-electron chi connectivity index (χ0n) is 32.7. The fraction of sp³-hybridized carbons (Fsp3) is 0.295. The molecule has 7 aromatic rings. The molecule has 3 amide bonds. The number of hydrogen-bond donors (Lipinski definition) is 2. The minimum Gasteiger partial charge on any atom is -0.434 e. The van der Waals surface area contributed by atoms with Gasteiger partial charge in [-0.1, -0.05) is 18.2 Å². The molecular formula is C44H41FN8O6. The van der Waals surface area contributed by atoms with E-state index in [1.54, 1.807) is 49.3 Å². The highest BCUT2D eigenvalue weighted by molar-refractivity contribution is 5.97. The fourth-order valence-electron chi connectivity index (χ4n) is 7.93. The van der Waals surface area contributed by atoms with E-state index in [1.807, 2.05) is 48.7 Å². The van der Waals surface area contributed by atoms with Gasteiger partial charge in [0.25, 0.3) is 11.8 Å². The topological polar surface area (TPSA) is 173 Å². The van der Waals surface area contributed by atoms with E-state index in [0.717, 1.165) is 52.4 Å². The molecule has 300 valence electrons. The number of H-pyrrole nitrogens is 1. The number of halogens is 1. The number of pyridine rings is 1. The van der Waals surface area contributed by atoms with Crippen molar-refractivity contribution in [3.05, 3.63) is 108 Å². The number of fused-ring (bicyclic) bond motifs is 2. The Balaban J connectivity index is 0.859. The summed E-state index contributed by atoms with van der Waals surface area (Å²) < 4.78 is 33.1. The van der Waals surface area contributed by atoms with E-state index in [9.17, 15) is 14.4 Å². The third-order valence-electron chi connectivity index (χ3n) is 11.2. The number of amides is 3. The molecule has 5 heterocycles. The Morgan fingerprint density at radius 2 is 1.69 bits per heavy atom. The summed E-state index contributed by atoms with van der Waals surface area (Å²) in [6.07, 6.45) is 6.98. The van der Waals surface area contributed by atoms with Crippen LogP contribution >= 0.6 is 0 Å². The molecule has 1 aliphatic heterocycles. The lowest BCUT2D eigenvalue weighted by Gasteiger charge is -2.25. The zero-order valence-corrected chi connectivity index (χ0v) is 32.7. The van der Waals surface area contributed by atoms with Crippen LogP contribution in [0.3, 0.4) is 0 Å². The lowest BCUT2D eigenvalue weighted by atomic mass is 10.0. The van der Waals surface area contributed by atoms with Crippen molar-refractivity contribution in [3.8, 4) is 34.0 Å². The smallest absolute Gasteiger partial charge is 0.256 e. The molecule has 14 nitrogen and oxygen atoms in total. The van der Waals surface area contributed by atoms with E-state index >= 15 is 4.39 Å². The third-order valence-corrected chi connectivity index (χ3v) is 11.2. The van der Waals surface area contributed by atoms with Gasteiger partial charge >= 0.3 is 0 Å². The summed E-state index contributed by atoms with van der Waals surface area (Å²) in [5, 5.41) is 12.6. The maximum Gasteiger partial charge on any atom is 0.256 e. The van der Waals surface area contributed by atoms with Gasteiger partial charge in [0.05, 0.1) is 17.5 Å². The van der Waals surface area contributed by atoms with E-state index in [4.69, 9.17) is 13.6 Å². The van der Waals surface area contributed by atoms with Crippen molar-refractivity contribution in [2.45, 2.75) is 56.7 Å². The van der Waals surface area contributed by atoms with Crippen LogP contribution in [-0.2, 0) is 16.0 Å². The van der Waals surface area contributed by atoms with Crippen LogP contribution in [0.1, 0.15) is 64.3 Å². The number of hydrogen-bond acceptors (Lipinski definition) is 10. The fourth-order valence-corrected chi connectivity index (χ4v) is 7.93. The average molecular weight is 797 g/mol. The summed E-state index contributed by atoms with van der Waals surface area (Å²) in [4.78, 5) is 53.6. The van der Waals surface area contributed by atoms with E-state index in [2.05, 4.69) is 30.5 Å². The number of rotatable bonds is 10. The lowest BCUT2D eigenvalue weighted by Crippen LogP contribution is -2.42. The summed E-state index contributed by atoms with van der Waals surface area (Å²) in [6.45, 7) is 0.597. The van der Waals surface area contributed by atoms with Crippen molar-refractivity contribution in [3.63, 3.8) is 0 Å². The molecule has 0 bridgehead atoms. The first-order valence-electron chi connectivity index (χ1n) is 19.6. The molecule has 2 N–H and O–H groups in total. The molecule has 1 saturated carbocycles. The summed E-state index contributed by atoms with van der Waals surface area (Å²) in [6, 6.07) is 19.4. The molecule has 3 atom stereocenters. The van der Waals surface area contributed by atoms with Crippen molar-refractivity contribution in [2.75, 3.05) is 27.7 Å². The molecule has 59 heavy (non-hydrogen) atoms. The Morgan fingerprint density at radius 3 is 2.47 bits per heavy atom. The number of oxazole rings is 1. The van der Waals surface area contributed by atoms with Gasteiger partial charge in [0.1, 0.15) is 11.9 Å². The summed E-state index contributed by atoms with van der Waals surface area (Å²) in [7, 11) is 5.12. The number of carbonyl (C=O) groups is 3. The number of ether oxygens (including phenoxy) is 1. The highest BCUT2D eigenvalue weighted by Gasteiger charge is 2.34.